The van der Waals surface area contributed by atoms with Crippen LogP contribution in [0.25, 0.3) is 11.4 Å². The lowest BCUT2D eigenvalue weighted by Gasteiger charge is -2.15. The Kier molecular flexibility index (Phi) is 6.09. The van der Waals surface area contributed by atoms with Gasteiger partial charge in [0.25, 0.3) is 0 Å². The van der Waals surface area contributed by atoms with E-state index in [1.807, 2.05) is 0 Å². The minimum Gasteiger partial charge on any atom is -0.441 e. The summed E-state index contributed by atoms with van der Waals surface area (Å²) in [6, 6.07) is 4.04. The van der Waals surface area contributed by atoms with Crippen LogP contribution in [0.5, 0.6) is 0 Å². The third-order valence-electron chi connectivity index (χ3n) is 6.40. The molecule has 4 heterocycles. The van der Waals surface area contributed by atoms with Crippen LogP contribution in [0.1, 0.15) is 18.6 Å². The fourth-order valence-electron chi connectivity index (χ4n) is 4.52. The largest absolute Gasteiger partial charge is 0.441 e. The number of sulfone groups is 1. The van der Waals surface area contributed by atoms with Crippen molar-refractivity contribution >= 4 is 33.3 Å². The van der Waals surface area contributed by atoms with Gasteiger partial charge in [-0.25, -0.2) is 27.3 Å². The Morgan fingerprint density at radius 1 is 1.14 bits per heavy atom. The van der Waals surface area contributed by atoms with Crippen molar-refractivity contribution in [3.63, 3.8) is 0 Å². The molecule has 4 atom stereocenters. The number of ether oxygens (including phenoxy) is 1. The van der Waals surface area contributed by atoms with Gasteiger partial charge in [0.05, 0.1) is 40.8 Å². The van der Waals surface area contributed by atoms with Crippen LogP contribution in [0.2, 0.25) is 0 Å². The van der Waals surface area contributed by atoms with Gasteiger partial charge in [-0.3, -0.25) is 15.1 Å². The fraction of sp³-hybridized carbons (Fsp3) is 0.364. The molecule has 1 saturated heterocycles. The number of nitrogens with one attached hydrogen (secondary N) is 2. The summed E-state index contributed by atoms with van der Waals surface area (Å²) in [5, 5.41) is 13.1. The number of aryl methyl sites for hydroxylation is 1. The van der Waals surface area contributed by atoms with Gasteiger partial charge in [-0.05, 0) is 37.0 Å². The first kappa shape index (κ1) is 24.7. The van der Waals surface area contributed by atoms with Crippen molar-refractivity contribution in [1.29, 1.82) is 0 Å². The molecule has 1 aliphatic carbocycles. The zero-order valence-corrected chi connectivity index (χ0v) is 20.4. The summed E-state index contributed by atoms with van der Waals surface area (Å²) in [6.45, 7) is 1.36. The van der Waals surface area contributed by atoms with Crippen molar-refractivity contribution in [2.75, 3.05) is 22.1 Å². The second kappa shape index (κ2) is 9.14. The lowest BCUT2D eigenvalue weighted by Crippen LogP contribution is -2.21. The highest BCUT2D eigenvalue weighted by Crippen LogP contribution is 2.53. The number of anilines is 2. The zero-order valence-electron chi connectivity index (χ0n) is 19.6. The summed E-state index contributed by atoms with van der Waals surface area (Å²) < 4.78 is 56.9. The molecule has 37 heavy (non-hydrogen) atoms. The average molecular weight is 534 g/mol. The minimum absolute atomic E-state index is 0.0463. The van der Waals surface area contributed by atoms with Crippen LogP contribution >= 0.6 is 0 Å². The van der Waals surface area contributed by atoms with Crippen LogP contribution in [0, 0.1) is 29.5 Å². The molecule has 2 N–H and O–H groups in total. The van der Waals surface area contributed by atoms with Crippen LogP contribution < -0.4 is 10.6 Å². The number of amides is 2. The van der Waals surface area contributed by atoms with Gasteiger partial charge in [-0.1, -0.05) is 5.21 Å². The van der Waals surface area contributed by atoms with E-state index in [9.17, 15) is 26.8 Å². The average Bonchev–Trinajstić information content (AvgIpc) is 3.17. The van der Waals surface area contributed by atoms with Gasteiger partial charge in [0.15, 0.2) is 21.3 Å². The Balaban J connectivity index is 1.23. The van der Waals surface area contributed by atoms with E-state index in [0.29, 0.717) is 17.6 Å². The van der Waals surface area contributed by atoms with Crippen molar-refractivity contribution in [1.82, 2.24) is 25.0 Å². The van der Waals surface area contributed by atoms with E-state index in [0.717, 1.165) is 6.07 Å². The minimum atomic E-state index is -3.04. The molecule has 0 bridgehead atoms. The number of pyridine rings is 2. The van der Waals surface area contributed by atoms with Crippen LogP contribution in [0.15, 0.2) is 30.6 Å². The molecule has 194 valence electrons. The number of carbonyl (C=O) groups is 2. The standard InChI is InChI=1S/C22H21F2N7O5S/c1-10(13-5-11(23)6-26-19(13)24)36-22(33)28-20-18(29-30-31(20)2)16-4-3-12(7-25-16)27-21(32)17-14-8-37(34,35)9-15(14)17/h3-7,10,14-15,17H,8-9H2,1-2H3,(H,27,32)(H,28,33)/t10-,14-,15+,17?/m1/s1. The van der Waals surface area contributed by atoms with Crippen LogP contribution in [-0.4, -0.2) is 56.9 Å². The van der Waals surface area contributed by atoms with E-state index in [1.165, 1.54) is 24.9 Å². The molecule has 2 fully saturated rings. The third-order valence-corrected chi connectivity index (χ3v) is 8.19. The van der Waals surface area contributed by atoms with Gasteiger partial charge < -0.3 is 10.1 Å². The summed E-state index contributed by atoms with van der Waals surface area (Å²) in [7, 11) is -1.52. The number of fused-ring (bicyclic) bond motifs is 1. The normalized spacial score (nSPS) is 22.1. The van der Waals surface area contributed by atoms with Crippen molar-refractivity contribution in [2.24, 2.45) is 24.8 Å². The molecule has 1 unspecified atom stereocenters. The van der Waals surface area contributed by atoms with E-state index in [4.69, 9.17) is 4.74 Å². The highest BCUT2D eigenvalue weighted by Gasteiger charge is 2.61. The second-order valence-electron chi connectivity index (χ2n) is 8.97. The maximum absolute atomic E-state index is 13.9. The first-order valence-corrected chi connectivity index (χ1v) is 13.0. The summed E-state index contributed by atoms with van der Waals surface area (Å²) in [5.41, 5.74) is 0.711. The van der Waals surface area contributed by atoms with Crippen LogP contribution in [0.3, 0.4) is 0 Å². The summed E-state index contributed by atoms with van der Waals surface area (Å²) >= 11 is 0. The number of carbonyl (C=O) groups excluding carboxylic acids is 2. The number of hydrogen-bond donors (Lipinski definition) is 2. The predicted molar refractivity (Wildman–Crippen MR) is 125 cm³/mol. The monoisotopic (exact) mass is 533 g/mol. The Bertz CT molecular complexity index is 1480. The van der Waals surface area contributed by atoms with Crippen molar-refractivity contribution in [2.45, 2.75) is 13.0 Å². The maximum Gasteiger partial charge on any atom is 0.413 e. The van der Waals surface area contributed by atoms with E-state index in [1.54, 1.807) is 12.1 Å². The molecule has 5 rings (SSSR count). The van der Waals surface area contributed by atoms with Crippen molar-refractivity contribution in [3.05, 3.63) is 47.9 Å². The molecule has 1 saturated carbocycles. The molecule has 12 nitrogen and oxygen atoms in total. The molecule has 15 heteroatoms. The zero-order chi connectivity index (χ0) is 26.5. The maximum atomic E-state index is 13.9. The molecule has 0 spiro atoms. The van der Waals surface area contributed by atoms with Crippen molar-refractivity contribution < 1.29 is 31.5 Å². The third kappa shape index (κ3) is 4.98. The van der Waals surface area contributed by atoms with Gasteiger partial charge in [-0.2, -0.15) is 4.39 Å². The first-order valence-electron chi connectivity index (χ1n) is 11.2. The highest BCUT2D eigenvalue weighted by atomic mass is 32.2. The van der Waals surface area contributed by atoms with E-state index in [-0.39, 0.29) is 52.2 Å². The number of rotatable bonds is 6. The SMILES string of the molecule is C[C@@H](OC(=O)Nc1c(-c2ccc(NC(=O)C3[C@H]4CS(=O)(=O)C[C@@H]34)cn2)nnn1C)c1cc(F)cnc1F. The Morgan fingerprint density at radius 3 is 2.54 bits per heavy atom. The van der Waals surface area contributed by atoms with Gasteiger partial charge >= 0.3 is 6.09 Å². The predicted octanol–water partition coefficient (Wildman–Crippen LogP) is 2.09. The number of hydrogen-bond acceptors (Lipinski definition) is 9. The highest BCUT2D eigenvalue weighted by molar-refractivity contribution is 7.91. The molecular weight excluding hydrogens is 512 g/mol. The molecule has 2 aliphatic rings. The molecule has 0 aromatic carbocycles. The van der Waals surface area contributed by atoms with Gasteiger partial charge in [-0.15, -0.1) is 5.10 Å². The van der Waals surface area contributed by atoms with Crippen molar-refractivity contribution in [3.8, 4) is 11.4 Å². The summed E-state index contributed by atoms with van der Waals surface area (Å²) in [4.78, 5) is 32.5. The molecule has 0 radical (unpaired) electrons. The summed E-state index contributed by atoms with van der Waals surface area (Å²) in [5.74, 6) is -2.32. The topological polar surface area (TPSA) is 158 Å². The molecule has 1 aliphatic heterocycles. The molecule has 3 aromatic heterocycles. The second-order valence-corrected chi connectivity index (χ2v) is 11.1. The van der Waals surface area contributed by atoms with E-state index < -0.39 is 33.8 Å². The fourth-order valence-corrected chi connectivity index (χ4v) is 6.74. The lowest BCUT2D eigenvalue weighted by molar-refractivity contribution is -0.117. The van der Waals surface area contributed by atoms with Crippen LogP contribution in [-0.2, 0) is 26.4 Å². The first-order chi connectivity index (χ1) is 17.5. The quantitative estimate of drug-likeness (QED) is 0.453. The number of nitrogens with zero attached hydrogens (tertiary/aromatic N) is 5. The Hall–Kier alpha value is -4.01. The summed E-state index contributed by atoms with van der Waals surface area (Å²) in [6.07, 6.45) is 0.0106. The number of halogens is 2. The lowest BCUT2D eigenvalue weighted by atomic mass is 10.2. The van der Waals surface area contributed by atoms with Gasteiger partial charge in [0.1, 0.15) is 11.9 Å². The van der Waals surface area contributed by atoms with Crippen LogP contribution in [0.4, 0.5) is 25.1 Å². The smallest absolute Gasteiger partial charge is 0.413 e. The molecular formula is C22H21F2N7O5S. The van der Waals surface area contributed by atoms with E-state index in [2.05, 4.69) is 30.9 Å². The number of aromatic nitrogens is 5. The van der Waals surface area contributed by atoms with Gasteiger partial charge in [0, 0.05) is 13.0 Å². The van der Waals surface area contributed by atoms with Gasteiger partial charge in [0.2, 0.25) is 11.9 Å². The Morgan fingerprint density at radius 2 is 1.86 bits per heavy atom. The molecule has 2 amide bonds. The Labute approximate surface area is 209 Å². The molecule has 3 aromatic rings. The van der Waals surface area contributed by atoms with E-state index >= 15 is 0 Å².